The summed E-state index contributed by atoms with van der Waals surface area (Å²) >= 11 is 0. The molecule has 1 amide bonds. The van der Waals surface area contributed by atoms with Crippen LogP contribution in [0.1, 0.15) is 42.5 Å². The minimum atomic E-state index is -0.168. The highest BCUT2D eigenvalue weighted by Crippen LogP contribution is 2.23. The summed E-state index contributed by atoms with van der Waals surface area (Å²) in [6.45, 7) is 0. The topological polar surface area (TPSA) is 76.1 Å². The zero-order valence-corrected chi connectivity index (χ0v) is 17.1. The van der Waals surface area contributed by atoms with Gasteiger partial charge in [-0.15, -0.1) is 0 Å². The van der Waals surface area contributed by atoms with Gasteiger partial charge in [0, 0.05) is 35.2 Å². The summed E-state index contributed by atoms with van der Waals surface area (Å²) < 4.78 is 5.15. The van der Waals surface area contributed by atoms with Gasteiger partial charge in [0.1, 0.15) is 5.75 Å². The molecule has 6 heteroatoms. The molecule has 1 aliphatic carbocycles. The summed E-state index contributed by atoms with van der Waals surface area (Å²) in [4.78, 5) is 21.6. The first-order chi connectivity index (χ1) is 14.7. The largest absolute Gasteiger partial charge is 0.497 e. The third-order valence-electron chi connectivity index (χ3n) is 5.40. The van der Waals surface area contributed by atoms with E-state index in [4.69, 9.17) is 4.74 Å². The number of benzene rings is 2. The van der Waals surface area contributed by atoms with E-state index >= 15 is 0 Å². The van der Waals surface area contributed by atoms with Gasteiger partial charge in [-0.25, -0.2) is 9.97 Å². The fraction of sp³-hybridized carbons (Fsp3) is 0.292. The SMILES string of the molecule is COc1ccc(NC(=O)c2cccc(-c3cnc(NC4CCCCC4)nc3)c2)cc1. The highest BCUT2D eigenvalue weighted by molar-refractivity contribution is 6.04. The number of carbonyl (C=O) groups excluding carboxylic acids is 1. The summed E-state index contributed by atoms with van der Waals surface area (Å²) in [6, 6.07) is 15.2. The molecule has 0 bridgehead atoms. The quantitative estimate of drug-likeness (QED) is 0.596. The minimum Gasteiger partial charge on any atom is -0.497 e. The van der Waals surface area contributed by atoms with E-state index in [9.17, 15) is 4.79 Å². The van der Waals surface area contributed by atoms with Gasteiger partial charge in [-0.1, -0.05) is 31.4 Å². The highest BCUT2D eigenvalue weighted by Gasteiger charge is 2.14. The number of nitrogens with one attached hydrogen (secondary N) is 2. The van der Waals surface area contributed by atoms with Crippen molar-refractivity contribution in [1.29, 1.82) is 0 Å². The molecule has 0 spiro atoms. The molecule has 0 saturated heterocycles. The van der Waals surface area contributed by atoms with Gasteiger partial charge in [0.15, 0.2) is 0 Å². The first-order valence-electron chi connectivity index (χ1n) is 10.4. The van der Waals surface area contributed by atoms with Gasteiger partial charge in [-0.05, 0) is 54.8 Å². The molecule has 30 heavy (non-hydrogen) atoms. The monoisotopic (exact) mass is 402 g/mol. The molecule has 1 heterocycles. The van der Waals surface area contributed by atoms with Gasteiger partial charge >= 0.3 is 0 Å². The average molecular weight is 402 g/mol. The molecule has 154 valence electrons. The third-order valence-corrected chi connectivity index (χ3v) is 5.40. The van der Waals surface area contributed by atoms with Crippen LogP contribution >= 0.6 is 0 Å². The molecule has 0 aliphatic heterocycles. The van der Waals surface area contributed by atoms with Crippen LogP contribution in [-0.2, 0) is 0 Å². The molecule has 1 saturated carbocycles. The molecular weight excluding hydrogens is 376 g/mol. The lowest BCUT2D eigenvalue weighted by atomic mass is 9.96. The Balaban J connectivity index is 1.43. The van der Waals surface area contributed by atoms with Gasteiger partial charge < -0.3 is 15.4 Å². The number of nitrogens with zero attached hydrogens (tertiary/aromatic N) is 2. The van der Waals surface area contributed by atoms with Crippen LogP contribution in [0.3, 0.4) is 0 Å². The number of methoxy groups -OCH3 is 1. The summed E-state index contributed by atoms with van der Waals surface area (Å²) in [5, 5.41) is 6.34. The molecule has 4 rings (SSSR count). The van der Waals surface area contributed by atoms with Gasteiger partial charge in [-0.3, -0.25) is 4.79 Å². The van der Waals surface area contributed by atoms with E-state index in [2.05, 4.69) is 20.6 Å². The number of hydrogen-bond donors (Lipinski definition) is 2. The van der Waals surface area contributed by atoms with E-state index < -0.39 is 0 Å². The number of anilines is 2. The van der Waals surface area contributed by atoms with Gasteiger partial charge in [0.25, 0.3) is 5.91 Å². The Morgan fingerprint density at radius 1 is 0.967 bits per heavy atom. The van der Waals surface area contributed by atoms with Crippen LogP contribution in [0.2, 0.25) is 0 Å². The Labute approximate surface area is 176 Å². The molecule has 6 nitrogen and oxygen atoms in total. The van der Waals surface area contributed by atoms with Crippen molar-refractivity contribution in [2.24, 2.45) is 0 Å². The molecular formula is C24H26N4O2. The van der Waals surface area contributed by atoms with E-state index in [1.807, 2.05) is 42.5 Å². The first-order valence-corrected chi connectivity index (χ1v) is 10.4. The van der Waals surface area contributed by atoms with Crippen molar-refractivity contribution in [3.05, 3.63) is 66.5 Å². The summed E-state index contributed by atoms with van der Waals surface area (Å²) in [7, 11) is 1.61. The van der Waals surface area contributed by atoms with Crippen molar-refractivity contribution in [3.8, 4) is 16.9 Å². The third kappa shape index (κ3) is 4.95. The van der Waals surface area contributed by atoms with E-state index in [1.165, 1.54) is 32.1 Å². The number of ether oxygens (including phenoxy) is 1. The molecule has 1 aromatic heterocycles. The zero-order chi connectivity index (χ0) is 20.8. The number of hydrogen-bond acceptors (Lipinski definition) is 5. The van der Waals surface area contributed by atoms with Crippen LogP contribution in [0.5, 0.6) is 5.75 Å². The van der Waals surface area contributed by atoms with Crippen LogP contribution in [-0.4, -0.2) is 29.0 Å². The Bertz CT molecular complexity index is 981. The number of aromatic nitrogens is 2. The van der Waals surface area contributed by atoms with Gasteiger partial charge in [0.2, 0.25) is 5.95 Å². The molecule has 2 aromatic carbocycles. The van der Waals surface area contributed by atoms with E-state index in [0.29, 0.717) is 23.2 Å². The number of amides is 1. The Morgan fingerprint density at radius 2 is 1.70 bits per heavy atom. The van der Waals surface area contributed by atoms with Gasteiger partial charge in [-0.2, -0.15) is 0 Å². The Morgan fingerprint density at radius 3 is 2.40 bits per heavy atom. The van der Waals surface area contributed by atoms with Crippen molar-refractivity contribution in [2.75, 3.05) is 17.7 Å². The van der Waals surface area contributed by atoms with Gasteiger partial charge in [0.05, 0.1) is 7.11 Å². The Kier molecular flexibility index (Phi) is 6.23. The second-order valence-electron chi connectivity index (χ2n) is 7.54. The maximum absolute atomic E-state index is 12.6. The highest BCUT2D eigenvalue weighted by atomic mass is 16.5. The van der Waals surface area contributed by atoms with Crippen molar-refractivity contribution in [3.63, 3.8) is 0 Å². The second-order valence-corrected chi connectivity index (χ2v) is 7.54. The summed E-state index contributed by atoms with van der Waals surface area (Å²) in [6.07, 6.45) is 9.81. The molecule has 0 unspecified atom stereocenters. The molecule has 2 N–H and O–H groups in total. The lowest BCUT2D eigenvalue weighted by Crippen LogP contribution is -2.23. The summed E-state index contributed by atoms with van der Waals surface area (Å²) in [5.41, 5.74) is 3.07. The Hall–Kier alpha value is -3.41. The molecule has 0 radical (unpaired) electrons. The average Bonchev–Trinajstić information content (AvgIpc) is 2.81. The predicted octanol–water partition coefficient (Wildman–Crippen LogP) is 5.15. The maximum Gasteiger partial charge on any atom is 0.255 e. The van der Waals surface area contributed by atoms with E-state index in [1.54, 1.807) is 25.6 Å². The fourth-order valence-electron chi connectivity index (χ4n) is 3.70. The van der Waals surface area contributed by atoms with Crippen LogP contribution in [0.15, 0.2) is 60.9 Å². The van der Waals surface area contributed by atoms with Crippen molar-refractivity contribution >= 4 is 17.5 Å². The van der Waals surface area contributed by atoms with Crippen molar-refractivity contribution in [2.45, 2.75) is 38.1 Å². The smallest absolute Gasteiger partial charge is 0.255 e. The summed E-state index contributed by atoms with van der Waals surface area (Å²) in [5.74, 6) is 1.24. The molecule has 1 fully saturated rings. The van der Waals surface area contributed by atoms with E-state index in [-0.39, 0.29) is 5.91 Å². The van der Waals surface area contributed by atoms with Crippen LogP contribution in [0, 0.1) is 0 Å². The lowest BCUT2D eigenvalue weighted by Gasteiger charge is -2.22. The lowest BCUT2D eigenvalue weighted by molar-refractivity contribution is 0.102. The van der Waals surface area contributed by atoms with Crippen molar-refractivity contribution in [1.82, 2.24) is 9.97 Å². The minimum absolute atomic E-state index is 0.168. The standard InChI is InChI=1S/C24H26N4O2/c1-30-22-12-10-21(11-13-22)27-23(29)18-7-5-6-17(14-18)19-15-25-24(26-16-19)28-20-8-3-2-4-9-20/h5-7,10-16,20H,2-4,8-9H2,1H3,(H,27,29)(H,25,26,28). The maximum atomic E-state index is 12.6. The number of carbonyl (C=O) groups is 1. The predicted molar refractivity (Wildman–Crippen MR) is 119 cm³/mol. The van der Waals surface area contributed by atoms with Crippen LogP contribution < -0.4 is 15.4 Å². The number of rotatable bonds is 6. The molecule has 3 aromatic rings. The fourth-order valence-corrected chi connectivity index (χ4v) is 3.70. The normalized spacial score (nSPS) is 14.2. The van der Waals surface area contributed by atoms with Crippen LogP contribution in [0.4, 0.5) is 11.6 Å². The van der Waals surface area contributed by atoms with Crippen molar-refractivity contribution < 1.29 is 9.53 Å². The zero-order valence-electron chi connectivity index (χ0n) is 17.1. The van der Waals surface area contributed by atoms with E-state index in [0.717, 1.165) is 16.9 Å². The van der Waals surface area contributed by atoms with Crippen LogP contribution in [0.25, 0.3) is 11.1 Å². The first kappa shape index (κ1) is 19.9. The second kappa shape index (κ2) is 9.39. The molecule has 0 atom stereocenters. The molecule has 1 aliphatic rings.